The molecule has 1 unspecified atom stereocenters. The third-order valence-corrected chi connectivity index (χ3v) is 2.81. The molecule has 0 aliphatic rings. The van der Waals surface area contributed by atoms with Crippen LogP contribution in [-0.2, 0) is 10.1 Å². The van der Waals surface area contributed by atoms with Crippen molar-refractivity contribution in [1.82, 2.24) is 0 Å². The molecular formula is C9H12O6S. The molecule has 1 aromatic rings. The van der Waals surface area contributed by atoms with Gasteiger partial charge in [0.1, 0.15) is 11.5 Å². The molecule has 7 heteroatoms. The molecular weight excluding hydrogens is 236 g/mol. The first-order valence-electron chi connectivity index (χ1n) is 4.26. The highest BCUT2D eigenvalue weighted by atomic mass is 32.2. The molecule has 0 amide bonds. The molecule has 0 saturated carbocycles. The first-order valence-corrected chi connectivity index (χ1v) is 5.76. The number of aliphatic hydroxyl groups is 1. The molecule has 6 nitrogen and oxygen atoms in total. The number of benzene rings is 1. The molecule has 16 heavy (non-hydrogen) atoms. The van der Waals surface area contributed by atoms with Crippen LogP contribution in [0.1, 0.15) is 11.0 Å². The topological polar surface area (TPSA) is 93.1 Å². The Balaban J connectivity index is 3.24. The van der Waals surface area contributed by atoms with Gasteiger partial charge in [-0.1, -0.05) is 0 Å². The van der Waals surface area contributed by atoms with E-state index in [0.717, 1.165) is 0 Å². The van der Waals surface area contributed by atoms with E-state index in [2.05, 4.69) is 0 Å². The summed E-state index contributed by atoms with van der Waals surface area (Å²) in [5.74, 6) is 0.563. The van der Waals surface area contributed by atoms with E-state index in [0.29, 0.717) is 5.75 Å². The highest BCUT2D eigenvalue weighted by Crippen LogP contribution is 2.31. The van der Waals surface area contributed by atoms with Crippen molar-refractivity contribution in [1.29, 1.82) is 0 Å². The van der Waals surface area contributed by atoms with Gasteiger partial charge in [-0.2, -0.15) is 8.42 Å². The van der Waals surface area contributed by atoms with Crippen molar-refractivity contribution in [2.45, 2.75) is 5.44 Å². The molecule has 2 N–H and O–H groups in total. The molecule has 0 heterocycles. The Labute approximate surface area is 93.2 Å². The Kier molecular flexibility index (Phi) is 3.74. The first-order chi connectivity index (χ1) is 7.40. The lowest BCUT2D eigenvalue weighted by Gasteiger charge is -2.13. The molecule has 0 aromatic heterocycles. The fourth-order valence-electron chi connectivity index (χ4n) is 1.18. The summed E-state index contributed by atoms with van der Waals surface area (Å²) < 4.78 is 40.1. The minimum Gasteiger partial charge on any atom is -0.497 e. The molecule has 0 bridgehead atoms. The summed E-state index contributed by atoms with van der Waals surface area (Å²) in [5.41, 5.74) is -2.08. The van der Waals surface area contributed by atoms with Crippen LogP contribution in [0.25, 0.3) is 0 Å². The van der Waals surface area contributed by atoms with E-state index in [1.165, 1.54) is 32.4 Å². The van der Waals surface area contributed by atoms with Crippen molar-refractivity contribution in [3.8, 4) is 11.5 Å². The zero-order valence-corrected chi connectivity index (χ0v) is 9.56. The normalized spacial score (nSPS) is 13.2. The monoisotopic (exact) mass is 248 g/mol. The van der Waals surface area contributed by atoms with Crippen LogP contribution in [0.3, 0.4) is 0 Å². The fourth-order valence-corrected chi connectivity index (χ4v) is 1.70. The van der Waals surface area contributed by atoms with Crippen LogP contribution in [0.4, 0.5) is 0 Å². The average Bonchev–Trinajstić information content (AvgIpc) is 2.26. The zero-order valence-electron chi connectivity index (χ0n) is 8.75. The Hall–Kier alpha value is -1.31. The van der Waals surface area contributed by atoms with Crippen molar-refractivity contribution >= 4 is 10.1 Å². The smallest absolute Gasteiger partial charge is 0.296 e. The second-order valence-electron chi connectivity index (χ2n) is 2.98. The van der Waals surface area contributed by atoms with Gasteiger partial charge in [0.2, 0.25) is 5.44 Å². The van der Waals surface area contributed by atoms with Crippen molar-refractivity contribution in [2.24, 2.45) is 0 Å². The van der Waals surface area contributed by atoms with E-state index in [1.54, 1.807) is 0 Å². The minimum atomic E-state index is -4.57. The molecule has 0 fully saturated rings. The maximum atomic E-state index is 10.8. The third kappa shape index (κ3) is 2.63. The van der Waals surface area contributed by atoms with Crippen LogP contribution in [0.5, 0.6) is 11.5 Å². The highest BCUT2D eigenvalue weighted by molar-refractivity contribution is 7.85. The third-order valence-electron chi connectivity index (χ3n) is 1.99. The van der Waals surface area contributed by atoms with Crippen molar-refractivity contribution in [2.75, 3.05) is 14.2 Å². The van der Waals surface area contributed by atoms with Crippen LogP contribution >= 0.6 is 0 Å². The van der Waals surface area contributed by atoms with Crippen LogP contribution in [0.15, 0.2) is 18.2 Å². The second kappa shape index (κ2) is 4.69. The van der Waals surface area contributed by atoms with Gasteiger partial charge in [-0.05, 0) is 12.1 Å². The zero-order chi connectivity index (χ0) is 12.3. The van der Waals surface area contributed by atoms with Crippen LogP contribution in [0.2, 0.25) is 0 Å². The van der Waals surface area contributed by atoms with Gasteiger partial charge in [0.05, 0.1) is 14.2 Å². The molecule has 0 aliphatic heterocycles. The SMILES string of the molecule is COc1ccc(C(O)S(=O)(=O)O)c(OC)c1. The minimum absolute atomic E-state index is 0.0502. The summed E-state index contributed by atoms with van der Waals surface area (Å²) >= 11 is 0. The number of hydrogen-bond acceptors (Lipinski definition) is 5. The average molecular weight is 248 g/mol. The number of aliphatic hydroxyl groups excluding tert-OH is 1. The highest BCUT2D eigenvalue weighted by Gasteiger charge is 2.25. The molecule has 90 valence electrons. The first kappa shape index (κ1) is 12.8. The lowest BCUT2D eigenvalue weighted by molar-refractivity contribution is 0.232. The molecule has 0 aliphatic carbocycles. The summed E-state index contributed by atoms with van der Waals surface area (Å²) in [6.45, 7) is 0. The van der Waals surface area contributed by atoms with E-state index in [-0.39, 0.29) is 11.3 Å². The summed E-state index contributed by atoms with van der Waals surface area (Å²) in [7, 11) is -1.82. The lowest BCUT2D eigenvalue weighted by atomic mass is 10.2. The molecule has 1 rings (SSSR count). The molecule has 0 saturated heterocycles. The predicted molar refractivity (Wildman–Crippen MR) is 56.1 cm³/mol. The Bertz CT molecular complexity index is 467. The molecule has 0 spiro atoms. The lowest BCUT2D eigenvalue weighted by Crippen LogP contribution is -2.12. The molecule has 1 aromatic carbocycles. The standard InChI is InChI=1S/C9H12O6S/c1-14-6-3-4-7(8(5-6)15-2)9(10)16(11,12)13/h3-5,9-10H,1-2H3,(H,11,12,13). The van der Waals surface area contributed by atoms with E-state index < -0.39 is 15.6 Å². The van der Waals surface area contributed by atoms with Crippen molar-refractivity contribution in [3.63, 3.8) is 0 Å². The van der Waals surface area contributed by atoms with Gasteiger partial charge in [-0.3, -0.25) is 4.55 Å². The summed E-state index contributed by atoms with van der Waals surface area (Å²) in [6.07, 6.45) is 0. The number of methoxy groups -OCH3 is 2. The summed E-state index contributed by atoms with van der Waals surface area (Å²) in [6, 6.07) is 4.16. The van der Waals surface area contributed by atoms with Gasteiger partial charge in [-0.15, -0.1) is 0 Å². The maximum absolute atomic E-state index is 10.8. The van der Waals surface area contributed by atoms with Gasteiger partial charge < -0.3 is 14.6 Å². The molecule has 0 radical (unpaired) electrons. The second-order valence-corrected chi connectivity index (χ2v) is 4.45. The maximum Gasteiger partial charge on any atom is 0.296 e. The van der Waals surface area contributed by atoms with E-state index in [4.69, 9.17) is 14.0 Å². The van der Waals surface area contributed by atoms with Crippen molar-refractivity contribution < 1.29 is 27.6 Å². The number of ether oxygens (including phenoxy) is 2. The summed E-state index contributed by atoms with van der Waals surface area (Å²) in [4.78, 5) is 0. The molecule has 1 atom stereocenters. The Morgan fingerprint density at radius 2 is 1.88 bits per heavy atom. The fraction of sp³-hybridized carbons (Fsp3) is 0.333. The van der Waals surface area contributed by atoms with Crippen LogP contribution in [0, 0.1) is 0 Å². The van der Waals surface area contributed by atoms with E-state index in [9.17, 15) is 13.5 Å². The van der Waals surface area contributed by atoms with Crippen LogP contribution in [-0.4, -0.2) is 32.3 Å². The number of hydrogen-bond donors (Lipinski definition) is 2. The van der Waals surface area contributed by atoms with Crippen molar-refractivity contribution in [3.05, 3.63) is 23.8 Å². The quantitative estimate of drug-likeness (QED) is 0.757. The number of rotatable bonds is 4. The Morgan fingerprint density at radius 3 is 2.31 bits per heavy atom. The summed E-state index contributed by atoms with van der Waals surface area (Å²) in [5, 5.41) is 9.37. The largest absolute Gasteiger partial charge is 0.497 e. The van der Waals surface area contributed by atoms with E-state index in [1.807, 2.05) is 0 Å². The van der Waals surface area contributed by atoms with Gasteiger partial charge in [0, 0.05) is 11.6 Å². The van der Waals surface area contributed by atoms with Gasteiger partial charge in [0.15, 0.2) is 0 Å². The predicted octanol–water partition coefficient (Wildman–Crippen LogP) is 0.583. The Morgan fingerprint density at radius 1 is 1.25 bits per heavy atom. The van der Waals surface area contributed by atoms with E-state index >= 15 is 0 Å². The van der Waals surface area contributed by atoms with Crippen LogP contribution < -0.4 is 9.47 Å². The van der Waals surface area contributed by atoms with Gasteiger partial charge in [-0.25, -0.2) is 0 Å². The van der Waals surface area contributed by atoms with Gasteiger partial charge in [0.25, 0.3) is 10.1 Å². The van der Waals surface area contributed by atoms with Gasteiger partial charge >= 0.3 is 0 Å².